The Morgan fingerprint density at radius 2 is 2.00 bits per heavy atom. The molecule has 0 amide bonds. The SMILES string of the molecule is CC(=O)OC(C)[SH](=O)=O. The zero-order valence-electron chi connectivity index (χ0n) is 5.16. The summed E-state index contributed by atoms with van der Waals surface area (Å²) in [7, 11) is -2.64. The first-order chi connectivity index (χ1) is 4.04. The summed E-state index contributed by atoms with van der Waals surface area (Å²) < 4.78 is 24.3. The normalized spacial score (nSPS) is 13.2. The largest absolute Gasteiger partial charge is 0.447 e. The van der Waals surface area contributed by atoms with E-state index in [1.54, 1.807) is 0 Å². The van der Waals surface area contributed by atoms with Gasteiger partial charge in [-0.15, -0.1) is 0 Å². The van der Waals surface area contributed by atoms with Crippen LogP contribution in [0.25, 0.3) is 0 Å². The molecule has 0 aromatic rings. The molecule has 4 nitrogen and oxygen atoms in total. The molecule has 0 saturated heterocycles. The number of carbonyl (C=O) groups is 1. The van der Waals surface area contributed by atoms with Gasteiger partial charge in [0.15, 0.2) is 16.1 Å². The van der Waals surface area contributed by atoms with Crippen molar-refractivity contribution < 1.29 is 17.9 Å². The van der Waals surface area contributed by atoms with Crippen LogP contribution in [0, 0.1) is 0 Å². The molecule has 54 valence electrons. The first-order valence-corrected chi connectivity index (χ1v) is 3.59. The van der Waals surface area contributed by atoms with E-state index in [0.29, 0.717) is 0 Å². The van der Waals surface area contributed by atoms with Gasteiger partial charge in [-0.3, -0.25) is 4.79 Å². The molecule has 0 radical (unpaired) electrons. The Bertz CT molecular complexity index is 163. The molecular formula is C4H8O4S. The third kappa shape index (κ3) is 3.96. The highest BCUT2D eigenvalue weighted by Crippen LogP contribution is 1.89. The lowest BCUT2D eigenvalue weighted by Crippen LogP contribution is -2.12. The van der Waals surface area contributed by atoms with Gasteiger partial charge < -0.3 is 4.74 Å². The van der Waals surface area contributed by atoms with E-state index in [1.165, 1.54) is 6.92 Å². The number of ether oxygens (including phenoxy) is 1. The highest BCUT2D eigenvalue weighted by Gasteiger charge is 2.05. The fourth-order valence-corrected chi connectivity index (χ4v) is 0.518. The number of hydrogen-bond acceptors (Lipinski definition) is 4. The molecule has 0 bridgehead atoms. The Hall–Kier alpha value is -0.580. The van der Waals surface area contributed by atoms with E-state index in [0.717, 1.165) is 6.92 Å². The van der Waals surface area contributed by atoms with E-state index in [1.807, 2.05) is 0 Å². The summed E-state index contributed by atoms with van der Waals surface area (Å²) >= 11 is 0. The maximum Gasteiger partial charge on any atom is 0.303 e. The van der Waals surface area contributed by atoms with Crippen LogP contribution in [0.5, 0.6) is 0 Å². The van der Waals surface area contributed by atoms with E-state index in [2.05, 4.69) is 4.74 Å². The summed E-state index contributed by atoms with van der Waals surface area (Å²) in [4.78, 5) is 10.1. The second-order valence-corrected chi connectivity index (χ2v) is 2.79. The monoisotopic (exact) mass is 152 g/mol. The Kier molecular flexibility index (Phi) is 3.22. The lowest BCUT2D eigenvalue weighted by atomic mass is 10.8. The van der Waals surface area contributed by atoms with Crippen molar-refractivity contribution in [3.63, 3.8) is 0 Å². The predicted octanol–water partition coefficient (Wildman–Crippen LogP) is -0.493. The average molecular weight is 152 g/mol. The Labute approximate surface area is 54.8 Å². The molecule has 0 heterocycles. The maximum atomic E-state index is 10.1. The molecule has 0 rings (SSSR count). The van der Waals surface area contributed by atoms with Crippen molar-refractivity contribution >= 4 is 16.7 Å². The van der Waals surface area contributed by atoms with E-state index < -0.39 is 22.1 Å². The molecule has 0 saturated carbocycles. The zero-order valence-corrected chi connectivity index (χ0v) is 6.05. The number of rotatable bonds is 2. The van der Waals surface area contributed by atoms with Gasteiger partial charge in [-0.25, -0.2) is 8.42 Å². The average Bonchev–Trinajstić information content (AvgIpc) is 1.63. The van der Waals surface area contributed by atoms with Gasteiger partial charge in [0, 0.05) is 6.92 Å². The van der Waals surface area contributed by atoms with Crippen LogP contribution < -0.4 is 0 Å². The van der Waals surface area contributed by atoms with Gasteiger partial charge in [0.1, 0.15) is 0 Å². The maximum absolute atomic E-state index is 10.1. The van der Waals surface area contributed by atoms with Crippen LogP contribution in [-0.4, -0.2) is 19.8 Å². The van der Waals surface area contributed by atoms with Crippen molar-refractivity contribution in [2.45, 2.75) is 19.3 Å². The summed E-state index contributed by atoms with van der Waals surface area (Å²) in [5.41, 5.74) is -1.00. The molecule has 0 aromatic carbocycles. The first kappa shape index (κ1) is 8.42. The lowest BCUT2D eigenvalue weighted by Gasteiger charge is -2.01. The molecule has 0 aliphatic carbocycles. The summed E-state index contributed by atoms with van der Waals surface area (Å²) in [5, 5.41) is 0. The molecule has 0 aliphatic heterocycles. The van der Waals surface area contributed by atoms with Crippen LogP contribution in [0.4, 0.5) is 0 Å². The summed E-state index contributed by atoms with van der Waals surface area (Å²) in [6, 6.07) is 0. The van der Waals surface area contributed by atoms with Crippen LogP contribution in [-0.2, 0) is 20.2 Å². The van der Waals surface area contributed by atoms with Gasteiger partial charge in [0.05, 0.1) is 0 Å². The van der Waals surface area contributed by atoms with Crippen LogP contribution in [0.1, 0.15) is 13.8 Å². The zero-order chi connectivity index (χ0) is 7.44. The summed E-state index contributed by atoms with van der Waals surface area (Å²) in [6.45, 7) is 2.46. The Balaban J connectivity index is 3.78. The number of carbonyl (C=O) groups excluding carboxylic acids is 1. The molecule has 1 atom stereocenters. The van der Waals surface area contributed by atoms with Gasteiger partial charge in [-0.1, -0.05) is 0 Å². The molecule has 0 aliphatic rings. The van der Waals surface area contributed by atoms with Gasteiger partial charge in [-0.2, -0.15) is 0 Å². The molecular weight excluding hydrogens is 144 g/mol. The first-order valence-electron chi connectivity index (χ1n) is 2.34. The number of esters is 1. The Morgan fingerprint density at radius 1 is 1.56 bits per heavy atom. The predicted molar refractivity (Wildman–Crippen MR) is 31.5 cm³/mol. The number of thiol groups is 1. The van der Waals surface area contributed by atoms with Crippen molar-refractivity contribution in [3.05, 3.63) is 0 Å². The Morgan fingerprint density at radius 3 is 2.11 bits per heavy atom. The van der Waals surface area contributed by atoms with Gasteiger partial charge in [-0.05, 0) is 6.92 Å². The van der Waals surface area contributed by atoms with Gasteiger partial charge in [0.2, 0.25) is 0 Å². The minimum atomic E-state index is -2.64. The van der Waals surface area contributed by atoms with Crippen LogP contribution in [0.15, 0.2) is 0 Å². The van der Waals surface area contributed by atoms with Crippen LogP contribution in [0.2, 0.25) is 0 Å². The smallest absolute Gasteiger partial charge is 0.303 e. The topological polar surface area (TPSA) is 60.4 Å². The second-order valence-electron chi connectivity index (χ2n) is 1.49. The quantitative estimate of drug-likeness (QED) is 0.428. The van der Waals surface area contributed by atoms with Crippen LogP contribution >= 0.6 is 0 Å². The molecule has 1 unspecified atom stereocenters. The molecule has 0 N–H and O–H groups in total. The lowest BCUT2D eigenvalue weighted by molar-refractivity contribution is -0.142. The van der Waals surface area contributed by atoms with Crippen molar-refractivity contribution in [1.82, 2.24) is 0 Å². The molecule has 0 fully saturated rings. The van der Waals surface area contributed by atoms with Gasteiger partial charge in [0.25, 0.3) is 0 Å². The van der Waals surface area contributed by atoms with Crippen molar-refractivity contribution in [2.75, 3.05) is 0 Å². The molecule has 0 aromatic heterocycles. The van der Waals surface area contributed by atoms with E-state index >= 15 is 0 Å². The van der Waals surface area contributed by atoms with E-state index in [9.17, 15) is 13.2 Å². The fraction of sp³-hybridized carbons (Fsp3) is 0.750. The minimum Gasteiger partial charge on any atom is -0.447 e. The third-order valence-electron chi connectivity index (χ3n) is 0.633. The summed E-state index contributed by atoms with van der Waals surface area (Å²) in [5.74, 6) is -0.582. The molecule has 9 heavy (non-hydrogen) atoms. The second kappa shape index (κ2) is 3.45. The number of hydrogen-bond donors (Lipinski definition) is 1. The van der Waals surface area contributed by atoms with Gasteiger partial charge >= 0.3 is 5.97 Å². The van der Waals surface area contributed by atoms with E-state index in [-0.39, 0.29) is 0 Å². The van der Waals surface area contributed by atoms with E-state index in [4.69, 9.17) is 0 Å². The standard InChI is InChI=1S/C4H8O4S/c1-3(5)8-4(2)9(6)7/h4,9H,1-2H3. The fourth-order valence-electron chi connectivity index (χ4n) is 0.283. The highest BCUT2D eigenvalue weighted by atomic mass is 32.2. The minimum absolute atomic E-state index is 0.582. The summed E-state index contributed by atoms with van der Waals surface area (Å²) in [6.07, 6.45) is 0. The molecule has 5 heteroatoms. The highest BCUT2D eigenvalue weighted by molar-refractivity contribution is 7.72. The van der Waals surface area contributed by atoms with Crippen LogP contribution in [0.3, 0.4) is 0 Å². The third-order valence-corrected chi connectivity index (χ3v) is 1.33. The molecule has 0 spiro atoms. The van der Waals surface area contributed by atoms with Crippen molar-refractivity contribution in [3.8, 4) is 0 Å². The van der Waals surface area contributed by atoms with Crippen molar-refractivity contribution in [2.24, 2.45) is 0 Å². The van der Waals surface area contributed by atoms with Crippen molar-refractivity contribution in [1.29, 1.82) is 0 Å².